The lowest BCUT2D eigenvalue weighted by Gasteiger charge is -2.22. The Bertz CT molecular complexity index is 493. The van der Waals surface area contributed by atoms with Crippen molar-refractivity contribution in [1.29, 1.82) is 5.26 Å². The quantitative estimate of drug-likeness (QED) is 0.799. The first-order valence-corrected chi connectivity index (χ1v) is 6.03. The molecule has 2 unspecified atom stereocenters. The first-order chi connectivity index (χ1) is 8.63. The number of carbonyl (C=O) groups excluding carboxylic acids is 1. The zero-order chi connectivity index (χ0) is 13.1. The molecule has 1 saturated heterocycles. The van der Waals surface area contributed by atoms with Crippen molar-refractivity contribution in [1.82, 2.24) is 0 Å². The number of ether oxygens (including phenoxy) is 1. The van der Waals surface area contributed by atoms with Gasteiger partial charge >= 0.3 is 0 Å². The van der Waals surface area contributed by atoms with Crippen molar-refractivity contribution >= 4 is 11.6 Å². The number of amides is 1. The normalized spacial score (nSPS) is 22.5. The third kappa shape index (κ3) is 2.36. The lowest BCUT2D eigenvalue weighted by Crippen LogP contribution is -2.35. The van der Waals surface area contributed by atoms with Crippen LogP contribution in [0.1, 0.15) is 18.9 Å². The Morgan fingerprint density at radius 1 is 1.56 bits per heavy atom. The number of rotatable bonds is 2. The highest BCUT2D eigenvalue weighted by molar-refractivity contribution is 5.95. The van der Waals surface area contributed by atoms with E-state index in [0.29, 0.717) is 12.2 Å². The lowest BCUT2D eigenvalue weighted by molar-refractivity contribution is -0.123. The summed E-state index contributed by atoms with van der Waals surface area (Å²) in [6.45, 7) is 2.57. The minimum absolute atomic E-state index is 0.0286. The van der Waals surface area contributed by atoms with Gasteiger partial charge in [-0.05, 0) is 31.5 Å². The number of nitriles is 1. The third-order valence-electron chi connectivity index (χ3n) is 3.39. The maximum atomic E-state index is 12.3. The van der Waals surface area contributed by atoms with Gasteiger partial charge in [-0.3, -0.25) is 4.79 Å². The number of nitrogens with zero attached hydrogens (tertiary/aromatic N) is 2. The molecule has 18 heavy (non-hydrogen) atoms. The van der Waals surface area contributed by atoms with Crippen LogP contribution >= 0.6 is 0 Å². The topological polar surface area (TPSA) is 53.3 Å². The largest absolute Gasteiger partial charge is 0.378 e. The van der Waals surface area contributed by atoms with E-state index >= 15 is 0 Å². The Kier molecular flexibility index (Phi) is 3.63. The molecule has 0 aliphatic carbocycles. The fraction of sp³-hybridized carbons (Fsp3) is 0.429. The van der Waals surface area contributed by atoms with E-state index in [1.54, 1.807) is 30.1 Å². The molecule has 1 fully saturated rings. The summed E-state index contributed by atoms with van der Waals surface area (Å²) >= 11 is 0. The summed E-state index contributed by atoms with van der Waals surface area (Å²) < 4.78 is 5.42. The molecule has 1 aromatic rings. The summed E-state index contributed by atoms with van der Waals surface area (Å²) in [5.74, 6) is -0.0316. The van der Waals surface area contributed by atoms with Crippen LogP contribution in [0.2, 0.25) is 0 Å². The molecule has 4 heteroatoms. The molecule has 1 aliphatic heterocycles. The number of carbonyl (C=O) groups is 1. The molecule has 1 amide bonds. The van der Waals surface area contributed by atoms with E-state index in [4.69, 9.17) is 10.00 Å². The molecule has 1 aromatic carbocycles. The number of anilines is 1. The van der Waals surface area contributed by atoms with E-state index in [0.717, 1.165) is 12.1 Å². The minimum Gasteiger partial charge on any atom is -0.378 e. The van der Waals surface area contributed by atoms with Gasteiger partial charge in [0.05, 0.1) is 23.7 Å². The van der Waals surface area contributed by atoms with Crippen molar-refractivity contribution < 1.29 is 9.53 Å². The number of hydrogen-bond donors (Lipinski definition) is 0. The SMILES string of the molecule is CC1OCCC1C(=O)N(C)c1cccc(C#N)c1. The predicted molar refractivity (Wildman–Crippen MR) is 68.1 cm³/mol. The highest BCUT2D eigenvalue weighted by Gasteiger charge is 2.33. The zero-order valence-corrected chi connectivity index (χ0v) is 10.6. The first kappa shape index (κ1) is 12.6. The maximum Gasteiger partial charge on any atom is 0.232 e. The third-order valence-corrected chi connectivity index (χ3v) is 3.39. The van der Waals surface area contributed by atoms with Crippen LogP contribution in [-0.2, 0) is 9.53 Å². The molecule has 2 rings (SSSR count). The van der Waals surface area contributed by atoms with Gasteiger partial charge in [0.25, 0.3) is 0 Å². The van der Waals surface area contributed by atoms with Crippen LogP contribution < -0.4 is 4.90 Å². The molecular weight excluding hydrogens is 228 g/mol. The Balaban J connectivity index is 2.17. The Labute approximate surface area is 107 Å². The van der Waals surface area contributed by atoms with Crippen molar-refractivity contribution in [2.24, 2.45) is 5.92 Å². The number of hydrogen-bond acceptors (Lipinski definition) is 3. The molecule has 0 saturated carbocycles. The molecule has 1 heterocycles. The fourth-order valence-electron chi connectivity index (χ4n) is 2.22. The van der Waals surface area contributed by atoms with E-state index < -0.39 is 0 Å². The smallest absolute Gasteiger partial charge is 0.232 e. The predicted octanol–water partition coefficient (Wildman–Crippen LogP) is 1.95. The van der Waals surface area contributed by atoms with Gasteiger partial charge in [-0.15, -0.1) is 0 Å². The van der Waals surface area contributed by atoms with Gasteiger partial charge in [-0.25, -0.2) is 0 Å². The Morgan fingerprint density at radius 2 is 2.33 bits per heavy atom. The van der Waals surface area contributed by atoms with E-state index in [-0.39, 0.29) is 17.9 Å². The zero-order valence-electron chi connectivity index (χ0n) is 10.6. The molecule has 0 N–H and O–H groups in total. The molecule has 0 spiro atoms. The van der Waals surface area contributed by atoms with Gasteiger partial charge in [-0.1, -0.05) is 6.07 Å². The second kappa shape index (κ2) is 5.19. The highest BCUT2D eigenvalue weighted by atomic mass is 16.5. The average molecular weight is 244 g/mol. The summed E-state index contributed by atoms with van der Waals surface area (Å²) in [6, 6.07) is 9.14. The van der Waals surface area contributed by atoms with Gasteiger partial charge in [0.1, 0.15) is 0 Å². The molecule has 0 radical (unpaired) electrons. The highest BCUT2D eigenvalue weighted by Crippen LogP contribution is 2.25. The van der Waals surface area contributed by atoms with Gasteiger partial charge in [0.2, 0.25) is 5.91 Å². The molecule has 4 nitrogen and oxygen atoms in total. The number of benzene rings is 1. The molecule has 0 bridgehead atoms. The van der Waals surface area contributed by atoms with Gasteiger partial charge < -0.3 is 9.64 Å². The fourth-order valence-corrected chi connectivity index (χ4v) is 2.22. The van der Waals surface area contributed by atoms with Crippen LogP contribution in [0.15, 0.2) is 24.3 Å². The van der Waals surface area contributed by atoms with E-state index in [9.17, 15) is 4.79 Å². The minimum atomic E-state index is -0.0826. The first-order valence-electron chi connectivity index (χ1n) is 6.03. The van der Waals surface area contributed by atoms with Gasteiger partial charge in [0, 0.05) is 19.3 Å². The average Bonchev–Trinajstić information content (AvgIpc) is 2.83. The molecule has 1 aliphatic rings. The van der Waals surface area contributed by atoms with Crippen molar-refractivity contribution in [3.05, 3.63) is 29.8 Å². The lowest BCUT2D eigenvalue weighted by atomic mass is 10.0. The summed E-state index contributed by atoms with van der Waals surface area (Å²) in [7, 11) is 1.74. The van der Waals surface area contributed by atoms with Crippen LogP contribution in [-0.4, -0.2) is 25.7 Å². The monoisotopic (exact) mass is 244 g/mol. The van der Waals surface area contributed by atoms with E-state index in [2.05, 4.69) is 6.07 Å². The summed E-state index contributed by atoms with van der Waals surface area (Å²) in [6.07, 6.45) is 0.738. The second-order valence-electron chi connectivity index (χ2n) is 4.53. The van der Waals surface area contributed by atoms with E-state index in [1.165, 1.54) is 0 Å². The van der Waals surface area contributed by atoms with Crippen LogP contribution in [0.4, 0.5) is 5.69 Å². The Hall–Kier alpha value is -1.86. The summed E-state index contributed by atoms with van der Waals surface area (Å²) in [5.41, 5.74) is 1.31. The van der Waals surface area contributed by atoms with Crippen LogP contribution in [0.5, 0.6) is 0 Å². The van der Waals surface area contributed by atoms with Crippen LogP contribution in [0.3, 0.4) is 0 Å². The maximum absolute atomic E-state index is 12.3. The van der Waals surface area contributed by atoms with E-state index in [1.807, 2.05) is 13.0 Å². The summed E-state index contributed by atoms with van der Waals surface area (Å²) in [5, 5.41) is 8.86. The van der Waals surface area contributed by atoms with Crippen molar-refractivity contribution in [2.75, 3.05) is 18.6 Å². The van der Waals surface area contributed by atoms with Crippen LogP contribution in [0.25, 0.3) is 0 Å². The summed E-state index contributed by atoms with van der Waals surface area (Å²) in [4.78, 5) is 13.9. The second-order valence-corrected chi connectivity index (χ2v) is 4.53. The van der Waals surface area contributed by atoms with Gasteiger partial charge in [-0.2, -0.15) is 5.26 Å². The van der Waals surface area contributed by atoms with Crippen molar-refractivity contribution in [3.63, 3.8) is 0 Å². The van der Waals surface area contributed by atoms with Crippen molar-refractivity contribution in [2.45, 2.75) is 19.4 Å². The Morgan fingerprint density at radius 3 is 2.94 bits per heavy atom. The van der Waals surface area contributed by atoms with Gasteiger partial charge in [0.15, 0.2) is 0 Å². The van der Waals surface area contributed by atoms with Crippen LogP contribution in [0, 0.1) is 17.2 Å². The standard InChI is InChI=1S/C14H16N2O2/c1-10-13(6-7-18-10)14(17)16(2)12-5-3-4-11(8-12)9-15/h3-5,8,10,13H,6-7H2,1-2H3. The molecular formula is C14H16N2O2. The molecule has 94 valence electrons. The molecule has 2 atom stereocenters. The van der Waals surface area contributed by atoms with Crippen molar-refractivity contribution in [3.8, 4) is 6.07 Å². The molecule has 0 aromatic heterocycles.